The first-order valence-corrected chi connectivity index (χ1v) is 9.09. The summed E-state index contributed by atoms with van der Waals surface area (Å²) in [5, 5.41) is 9.33. The van der Waals surface area contributed by atoms with Gasteiger partial charge in [0.15, 0.2) is 0 Å². The maximum absolute atomic E-state index is 12.7. The highest BCUT2D eigenvalue weighted by molar-refractivity contribution is 7.20. The van der Waals surface area contributed by atoms with Crippen LogP contribution in [0.1, 0.15) is 38.6 Å². The number of benzene rings is 1. The number of aromatic nitrogens is 2. The van der Waals surface area contributed by atoms with Gasteiger partial charge in [-0.1, -0.05) is 12.1 Å². The van der Waals surface area contributed by atoms with Crippen molar-refractivity contribution in [1.29, 1.82) is 5.26 Å². The summed E-state index contributed by atoms with van der Waals surface area (Å²) in [5.74, 6) is 0.334. The van der Waals surface area contributed by atoms with Gasteiger partial charge in [0.2, 0.25) is 0 Å². The number of hydrogen-bond donors (Lipinski definition) is 0. The van der Waals surface area contributed by atoms with E-state index in [1.54, 1.807) is 35.8 Å². The smallest absolute Gasteiger partial charge is 0.349 e. The van der Waals surface area contributed by atoms with E-state index in [4.69, 9.17) is 10.00 Å². The molecule has 0 radical (unpaired) electrons. The zero-order valence-electron chi connectivity index (χ0n) is 14.1. The molecule has 130 valence electrons. The van der Waals surface area contributed by atoms with Crippen molar-refractivity contribution in [3.63, 3.8) is 0 Å². The molecule has 0 spiro atoms. The Bertz CT molecular complexity index is 1120. The van der Waals surface area contributed by atoms with Gasteiger partial charge in [-0.2, -0.15) is 5.26 Å². The minimum Gasteiger partial charge on any atom is -0.457 e. The van der Waals surface area contributed by atoms with Crippen LogP contribution in [0.25, 0.3) is 10.2 Å². The molecule has 0 N–H and O–H groups in total. The zero-order valence-corrected chi connectivity index (χ0v) is 14.9. The van der Waals surface area contributed by atoms with Crippen LogP contribution in [0.15, 0.2) is 29.1 Å². The molecule has 7 heteroatoms. The Morgan fingerprint density at radius 2 is 2.15 bits per heavy atom. The van der Waals surface area contributed by atoms with Gasteiger partial charge in [-0.25, -0.2) is 9.78 Å². The van der Waals surface area contributed by atoms with Crippen LogP contribution in [0.4, 0.5) is 0 Å². The van der Waals surface area contributed by atoms with Crippen LogP contribution in [0, 0.1) is 18.3 Å². The Hall–Kier alpha value is -2.98. The number of ether oxygens (including phenoxy) is 1. The van der Waals surface area contributed by atoms with E-state index in [-0.39, 0.29) is 12.2 Å². The van der Waals surface area contributed by atoms with E-state index in [1.807, 2.05) is 6.07 Å². The van der Waals surface area contributed by atoms with E-state index in [1.165, 1.54) is 11.3 Å². The molecule has 1 aliphatic heterocycles. The van der Waals surface area contributed by atoms with E-state index in [9.17, 15) is 9.59 Å². The summed E-state index contributed by atoms with van der Waals surface area (Å²) in [4.78, 5) is 30.7. The van der Waals surface area contributed by atoms with Crippen LogP contribution in [-0.4, -0.2) is 15.5 Å². The number of nitrogens with zero attached hydrogens (tertiary/aromatic N) is 3. The average Bonchev–Trinajstić information content (AvgIpc) is 3.25. The lowest BCUT2D eigenvalue weighted by Gasteiger charge is -2.04. The van der Waals surface area contributed by atoms with Crippen molar-refractivity contribution >= 4 is 27.5 Å². The number of thiophene rings is 1. The number of hydrogen-bond acceptors (Lipinski definition) is 6. The Balaban J connectivity index is 1.61. The van der Waals surface area contributed by atoms with Gasteiger partial charge in [0, 0.05) is 13.0 Å². The summed E-state index contributed by atoms with van der Waals surface area (Å²) in [7, 11) is 0. The van der Waals surface area contributed by atoms with E-state index in [0.29, 0.717) is 32.8 Å². The van der Waals surface area contributed by atoms with E-state index >= 15 is 0 Å². The molecular weight excluding hydrogens is 350 g/mol. The summed E-state index contributed by atoms with van der Waals surface area (Å²) in [6.07, 6.45) is 1.72. The van der Waals surface area contributed by atoms with Crippen molar-refractivity contribution < 1.29 is 9.53 Å². The third-order valence-electron chi connectivity index (χ3n) is 4.55. The van der Waals surface area contributed by atoms with Gasteiger partial charge < -0.3 is 4.74 Å². The fraction of sp³-hybridized carbons (Fsp3) is 0.263. The second kappa shape index (κ2) is 6.39. The van der Waals surface area contributed by atoms with Crippen LogP contribution in [0.5, 0.6) is 0 Å². The number of aryl methyl sites for hydroxylation is 2. The summed E-state index contributed by atoms with van der Waals surface area (Å²) in [5.41, 5.74) is 1.92. The molecule has 0 unspecified atom stereocenters. The number of esters is 1. The molecule has 0 aliphatic carbocycles. The molecule has 26 heavy (non-hydrogen) atoms. The van der Waals surface area contributed by atoms with Gasteiger partial charge in [0.05, 0.1) is 17.0 Å². The molecule has 0 atom stereocenters. The predicted molar refractivity (Wildman–Crippen MR) is 97.2 cm³/mol. The van der Waals surface area contributed by atoms with Gasteiger partial charge in [-0.15, -0.1) is 11.3 Å². The third kappa shape index (κ3) is 2.68. The normalized spacial score (nSPS) is 12.8. The lowest BCUT2D eigenvalue weighted by Crippen LogP contribution is -2.20. The second-order valence-corrected chi connectivity index (χ2v) is 7.21. The molecular formula is C19H15N3O3S. The second-order valence-electron chi connectivity index (χ2n) is 6.21. The van der Waals surface area contributed by atoms with Crippen molar-refractivity contribution in [3.8, 4) is 6.07 Å². The highest BCUT2D eigenvalue weighted by atomic mass is 32.1. The molecule has 4 rings (SSSR count). The van der Waals surface area contributed by atoms with Crippen molar-refractivity contribution in [3.05, 3.63) is 62.0 Å². The maximum Gasteiger partial charge on any atom is 0.349 e. The molecule has 0 saturated carbocycles. The van der Waals surface area contributed by atoms with Crippen molar-refractivity contribution in [2.45, 2.75) is 32.9 Å². The lowest BCUT2D eigenvalue weighted by atomic mass is 10.1. The molecule has 2 aromatic heterocycles. The van der Waals surface area contributed by atoms with Crippen molar-refractivity contribution in [2.24, 2.45) is 0 Å². The molecule has 0 fully saturated rings. The number of rotatable bonds is 3. The molecule has 3 heterocycles. The number of fused-ring (bicyclic) bond motifs is 2. The van der Waals surface area contributed by atoms with Crippen LogP contribution >= 0.6 is 11.3 Å². The fourth-order valence-corrected chi connectivity index (χ4v) is 4.24. The van der Waals surface area contributed by atoms with Gasteiger partial charge in [0.1, 0.15) is 22.1 Å². The largest absolute Gasteiger partial charge is 0.457 e. The summed E-state index contributed by atoms with van der Waals surface area (Å²) >= 11 is 1.21. The van der Waals surface area contributed by atoms with Crippen LogP contribution in [0.2, 0.25) is 0 Å². The molecule has 1 aliphatic rings. The summed E-state index contributed by atoms with van der Waals surface area (Å²) in [6, 6.07) is 8.91. The number of carbonyl (C=O) groups excluding carboxylic acids is 1. The van der Waals surface area contributed by atoms with E-state index in [2.05, 4.69) is 4.98 Å². The van der Waals surface area contributed by atoms with E-state index < -0.39 is 5.97 Å². The quantitative estimate of drug-likeness (QED) is 0.666. The number of carbonyl (C=O) groups is 1. The Morgan fingerprint density at radius 1 is 1.38 bits per heavy atom. The first kappa shape index (κ1) is 16.5. The SMILES string of the molecule is Cc1c(C(=O)OCc2ccc(C#N)cc2)sc2nc3n(c(=O)c12)CCC3. The Labute approximate surface area is 153 Å². The fourth-order valence-electron chi connectivity index (χ4n) is 3.16. The molecule has 0 amide bonds. The van der Waals surface area contributed by atoms with Gasteiger partial charge in [-0.05, 0) is 36.6 Å². The average molecular weight is 365 g/mol. The monoisotopic (exact) mass is 365 g/mol. The molecule has 6 nitrogen and oxygen atoms in total. The minimum atomic E-state index is -0.459. The Kier molecular flexibility index (Phi) is 4.05. The molecule has 3 aromatic rings. The van der Waals surface area contributed by atoms with Crippen LogP contribution in [-0.2, 0) is 24.3 Å². The molecule has 0 bridgehead atoms. The zero-order chi connectivity index (χ0) is 18.3. The standard InChI is InChI=1S/C19H15N3O3S/c1-11-15-17(21-14-3-2-8-22(14)18(15)23)26-16(11)19(24)25-10-13-6-4-12(9-20)5-7-13/h4-7H,2-3,8,10H2,1H3. The van der Waals surface area contributed by atoms with Gasteiger partial charge in [-0.3, -0.25) is 9.36 Å². The molecule has 1 aromatic carbocycles. The predicted octanol–water partition coefficient (Wildman–Crippen LogP) is 2.94. The summed E-state index contributed by atoms with van der Waals surface area (Å²) < 4.78 is 7.09. The van der Waals surface area contributed by atoms with Crippen molar-refractivity contribution in [1.82, 2.24) is 9.55 Å². The topological polar surface area (TPSA) is 85.0 Å². The minimum absolute atomic E-state index is 0.0672. The highest BCUT2D eigenvalue weighted by Gasteiger charge is 2.23. The summed E-state index contributed by atoms with van der Waals surface area (Å²) in [6.45, 7) is 2.56. The van der Waals surface area contributed by atoms with Crippen LogP contribution in [0.3, 0.4) is 0 Å². The lowest BCUT2D eigenvalue weighted by molar-refractivity contribution is 0.0478. The number of nitriles is 1. The van der Waals surface area contributed by atoms with Crippen LogP contribution < -0.4 is 5.56 Å². The first-order chi connectivity index (χ1) is 12.6. The van der Waals surface area contributed by atoms with E-state index in [0.717, 1.165) is 24.2 Å². The highest BCUT2D eigenvalue weighted by Crippen LogP contribution is 2.29. The maximum atomic E-state index is 12.7. The third-order valence-corrected chi connectivity index (χ3v) is 5.72. The Morgan fingerprint density at radius 3 is 2.88 bits per heavy atom. The molecule has 0 saturated heterocycles. The van der Waals surface area contributed by atoms with Crippen molar-refractivity contribution in [2.75, 3.05) is 0 Å². The first-order valence-electron chi connectivity index (χ1n) is 8.27. The van der Waals surface area contributed by atoms with Gasteiger partial charge in [0.25, 0.3) is 5.56 Å². The van der Waals surface area contributed by atoms with Gasteiger partial charge >= 0.3 is 5.97 Å².